The van der Waals surface area contributed by atoms with E-state index in [-0.39, 0.29) is 5.54 Å². The van der Waals surface area contributed by atoms with Gasteiger partial charge in [0.05, 0.1) is 11.4 Å². The summed E-state index contributed by atoms with van der Waals surface area (Å²) < 4.78 is 0. The van der Waals surface area contributed by atoms with E-state index in [2.05, 4.69) is 34.4 Å². The second kappa shape index (κ2) is 5.60. The number of piperazine rings is 1. The molecule has 1 aliphatic rings. The topological polar surface area (TPSA) is 41.1 Å². The van der Waals surface area contributed by atoms with Gasteiger partial charge in [0, 0.05) is 43.3 Å². The maximum absolute atomic E-state index is 4.72. The van der Waals surface area contributed by atoms with Crippen LogP contribution in [0.2, 0.25) is 0 Å². The molecule has 20 heavy (non-hydrogen) atoms. The minimum Gasteiger partial charge on any atom is -0.309 e. The van der Waals surface area contributed by atoms with Crippen molar-refractivity contribution in [2.45, 2.75) is 25.9 Å². The van der Waals surface area contributed by atoms with Gasteiger partial charge in [0.1, 0.15) is 5.01 Å². The Kier molecular flexibility index (Phi) is 3.83. The Hall–Kier alpha value is -1.30. The number of nitrogens with zero attached hydrogens (tertiary/aromatic N) is 3. The Morgan fingerprint density at radius 2 is 2.30 bits per heavy atom. The molecule has 1 aliphatic heterocycles. The molecule has 4 nitrogen and oxygen atoms in total. The molecule has 0 saturated carbocycles. The summed E-state index contributed by atoms with van der Waals surface area (Å²) in [4.78, 5) is 11.5. The summed E-state index contributed by atoms with van der Waals surface area (Å²) in [5, 5.41) is 6.70. The molecule has 5 heteroatoms. The second-order valence-corrected chi connectivity index (χ2v) is 6.74. The van der Waals surface area contributed by atoms with Crippen LogP contribution in [0.15, 0.2) is 29.8 Å². The van der Waals surface area contributed by atoms with Gasteiger partial charge < -0.3 is 5.32 Å². The molecule has 0 unspecified atom stereocenters. The van der Waals surface area contributed by atoms with Crippen LogP contribution in [0.5, 0.6) is 0 Å². The van der Waals surface area contributed by atoms with Crippen molar-refractivity contribution in [3.05, 3.63) is 35.5 Å². The van der Waals surface area contributed by atoms with Crippen molar-refractivity contribution >= 4 is 11.3 Å². The summed E-state index contributed by atoms with van der Waals surface area (Å²) in [6.45, 7) is 8.61. The SMILES string of the molecule is CC1(C)CN(Cc2csc(-c3ccccn3)n2)CCN1. The van der Waals surface area contributed by atoms with E-state index in [4.69, 9.17) is 4.98 Å². The summed E-state index contributed by atoms with van der Waals surface area (Å²) in [7, 11) is 0. The lowest BCUT2D eigenvalue weighted by Crippen LogP contribution is -2.56. The van der Waals surface area contributed by atoms with E-state index in [0.717, 1.165) is 42.6 Å². The van der Waals surface area contributed by atoms with Gasteiger partial charge in [0.15, 0.2) is 0 Å². The molecular formula is C15H20N4S. The van der Waals surface area contributed by atoms with Crippen LogP contribution < -0.4 is 5.32 Å². The molecule has 0 amide bonds. The van der Waals surface area contributed by atoms with Crippen molar-refractivity contribution in [2.75, 3.05) is 19.6 Å². The Bertz CT molecular complexity index is 564. The highest BCUT2D eigenvalue weighted by molar-refractivity contribution is 7.13. The van der Waals surface area contributed by atoms with Crippen LogP contribution in [0.4, 0.5) is 0 Å². The average molecular weight is 288 g/mol. The number of pyridine rings is 1. The summed E-state index contributed by atoms with van der Waals surface area (Å²) in [5.41, 5.74) is 2.30. The first-order valence-corrected chi connectivity index (χ1v) is 7.84. The van der Waals surface area contributed by atoms with Gasteiger partial charge in [-0.3, -0.25) is 9.88 Å². The van der Waals surface area contributed by atoms with E-state index in [9.17, 15) is 0 Å². The summed E-state index contributed by atoms with van der Waals surface area (Å²) in [5.74, 6) is 0. The van der Waals surface area contributed by atoms with Crippen LogP contribution in [0.3, 0.4) is 0 Å². The molecule has 3 heterocycles. The fourth-order valence-electron chi connectivity index (χ4n) is 2.60. The van der Waals surface area contributed by atoms with E-state index in [1.54, 1.807) is 11.3 Å². The van der Waals surface area contributed by atoms with Crippen LogP contribution in [-0.2, 0) is 6.54 Å². The monoisotopic (exact) mass is 288 g/mol. The fraction of sp³-hybridized carbons (Fsp3) is 0.467. The van der Waals surface area contributed by atoms with Gasteiger partial charge in [-0.2, -0.15) is 0 Å². The Morgan fingerprint density at radius 1 is 1.40 bits per heavy atom. The van der Waals surface area contributed by atoms with Gasteiger partial charge in [-0.1, -0.05) is 6.07 Å². The van der Waals surface area contributed by atoms with Gasteiger partial charge >= 0.3 is 0 Å². The first kappa shape index (κ1) is 13.7. The molecule has 0 atom stereocenters. The molecule has 0 radical (unpaired) electrons. The van der Waals surface area contributed by atoms with Gasteiger partial charge in [-0.15, -0.1) is 11.3 Å². The average Bonchev–Trinajstić information content (AvgIpc) is 2.87. The molecule has 2 aromatic heterocycles. The van der Waals surface area contributed by atoms with E-state index in [1.807, 2.05) is 24.4 Å². The number of aromatic nitrogens is 2. The van der Waals surface area contributed by atoms with Crippen LogP contribution in [0.25, 0.3) is 10.7 Å². The highest BCUT2D eigenvalue weighted by Gasteiger charge is 2.25. The van der Waals surface area contributed by atoms with Crippen LogP contribution in [0.1, 0.15) is 19.5 Å². The molecule has 0 aliphatic carbocycles. The molecule has 1 saturated heterocycles. The number of rotatable bonds is 3. The lowest BCUT2D eigenvalue weighted by molar-refractivity contribution is 0.147. The largest absolute Gasteiger partial charge is 0.309 e. The fourth-order valence-corrected chi connectivity index (χ4v) is 3.38. The minimum absolute atomic E-state index is 0.193. The molecule has 0 aromatic carbocycles. The first-order valence-electron chi connectivity index (χ1n) is 6.96. The Balaban J connectivity index is 1.69. The molecule has 106 valence electrons. The molecular weight excluding hydrogens is 268 g/mol. The highest BCUT2D eigenvalue weighted by Crippen LogP contribution is 2.22. The third-order valence-electron chi connectivity index (χ3n) is 3.47. The molecule has 0 bridgehead atoms. The van der Waals surface area contributed by atoms with E-state index >= 15 is 0 Å². The van der Waals surface area contributed by atoms with Gasteiger partial charge in [-0.05, 0) is 26.0 Å². The molecule has 0 spiro atoms. The first-order chi connectivity index (χ1) is 9.62. The number of hydrogen-bond donors (Lipinski definition) is 1. The smallest absolute Gasteiger partial charge is 0.142 e. The van der Waals surface area contributed by atoms with E-state index in [0.29, 0.717) is 0 Å². The number of nitrogens with one attached hydrogen (secondary N) is 1. The van der Waals surface area contributed by atoms with Crippen LogP contribution >= 0.6 is 11.3 Å². The van der Waals surface area contributed by atoms with Crippen molar-refractivity contribution in [2.24, 2.45) is 0 Å². The Labute approximate surface area is 123 Å². The van der Waals surface area contributed by atoms with Crippen molar-refractivity contribution in [3.8, 4) is 10.7 Å². The zero-order chi connectivity index (χ0) is 14.0. The maximum Gasteiger partial charge on any atom is 0.142 e. The molecule has 1 N–H and O–H groups in total. The zero-order valence-electron chi connectivity index (χ0n) is 12.0. The molecule has 1 fully saturated rings. The van der Waals surface area contributed by atoms with Crippen LogP contribution in [-0.4, -0.2) is 40.0 Å². The normalized spacial score (nSPS) is 19.1. The van der Waals surface area contributed by atoms with Crippen molar-refractivity contribution < 1.29 is 0 Å². The van der Waals surface area contributed by atoms with Crippen molar-refractivity contribution in [1.82, 2.24) is 20.2 Å². The third kappa shape index (κ3) is 3.23. The molecule has 3 rings (SSSR count). The lowest BCUT2D eigenvalue weighted by atomic mass is 10.0. The second-order valence-electron chi connectivity index (χ2n) is 5.88. The quantitative estimate of drug-likeness (QED) is 0.941. The number of hydrogen-bond acceptors (Lipinski definition) is 5. The number of thiazole rings is 1. The van der Waals surface area contributed by atoms with Gasteiger partial charge in [0.2, 0.25) is 0 Å². The van der Waals surface area contributed by atoms with E-state index < -0.39 is 0 Å². The van der Waals surface area contributed by atoms with Crippen LogP contribution in [0, 0.1) is 0 Å². The van der Waals surface area contributed by atoms with E-state index in [1.165, 1.54) is 0 Å². The van der Waals surface area contributed by atoms with Gasteiger partial charge in [-0.25, -0.2) is 4.98 Å². The lowest BCUT2D eigenvalue weighted by Gasteiger charge is -2.38. The predicted molar refractivity (Wildman–Crippen MR) is 82.7 cm³/mol. The molecule has 2 aromatic rings. The standard InChI is InChI=1S/C15H20N4S/c1-15(2)11-19(8-7-17-15)9-12-10-20-14(18-12)13-5-3-4-6-16-13/h3-6,10,17H,7-9,11H2,1-2H3. The van der Waals surface area contributed by atoms with Crippen molar-refractivity contribution in [3.63, 3.8) is 0 Å². The summed E-state index contributed by atoms with van der Waals surface area (Å²) in [6.07, 6.45) is 1.81. The van der Waals surface area contributed by atoms with Gasteiger partial charge in [0.25, 0.3) is 0 Å². The maximum atomic E-state index is 4.72. The van der Waals surface area contributed by atoms with Crippen molar-refractivity contribution in [1.29, 1.82) is 0 Å². The highest BCUT2D eigenvalue weighted by atomic mass is 32.1. The third-order valence-corrected chi connectivity index (χ3v) is 4.39. The summed E-state index contributed by atoms with van der Waals surface area (Å²) in [6, 6.07) is 5.94. The minimum atomic E-state index is 0.193. The summed E-state index contributed by atoms with van der Waals surface area (Å²) >= 11 is 1.68. The Morgan fingerprint density at radius 3 is 3.05 bits per heavy atom. The predicted octanol–water partition coefficient (Wildman–Crippen LogP) is 2.39. The zero-order valence-corrected chi connectivity index (χ0v) is 12.8.